The number of phenolic OH excluding ortho intramolecular Hbond substituents is 1. The summed E-state index contributed by atoms with van der Waals surface area (Å²) in [6.45, 7) is 5.48. The van der Waals surface area contributed by atoms with E-state index in [1.54, 1.807) is 13.1 Å². The van der Waals surface area contributed by atoms with Crippen molar-refractivity contribution in [1.82, 2.24) is 4.72 Å². The summed E-state index contributed by atoms with van der Waals surface area (Å²) < 4.78 is 18.9. The number of anilines is 1. The molecule has 2 unspecified atom stereocenters. The lowest BCUT2D eigenvalue weighted by atomic mass is 9.97. The van der Waals surface area contributed by atoms with Gasteiger partial charge in [0.15, 0.2) is 4.65 Å². The Morgan fingerprint density at radius 2 is 1.80 bits per heavy atom. The average molecular weight is 379 g/mol. The zero-order chi connectivity index (χ0) is 18.0. The molecule has 0 spiro atoms. The number of aromatic hydroxyl groups is 1. The van der Waals surface area contributed by atoms with Crippen molar-refractivity contribution in [2.24, 2.45) is 4.76 Å². The van der Waals surface area contributed by atoms with Crippen LogP contribution >= 0.6 is 8.73 Å². The summed E-state index contributed by atoms with van der Waals surface area (Å²) >= 11 is -1.68. The van der Waals surface area contributed by atoms with Gasteiger partial charge >= 0.3 is 6.03 Å². The van der Waals surface area contributed by atoms with Crippen LogP contribution < -0.4 is 10.0 Å². The molecule has 3 rings (SSSR count). The Bertz CT molecular complexity index is 716. The summed E-state index contributed by atoms with van der Waals surface area (Å²) in [6.07, 6.45) is 6.92. The van der Waals surface area contributed by atoms with Gasteiger partial charge in [-0.25, -0.2) is 4.79 Å². The van der Waals surface area contributed by atoms with Gasteiger partial charge in [-0.3, -0.25) is 4.76 Å². The van der Waals surface area contributed by atoms with Crippen LogP contribution in [0.15, 0.2) is 16.0 Å². The van der Waals surface area contributed by atoms with E-state index < -0.39 is 17.4 Å². The first-order valence-electron chi connectivity index (χ1n) is 8.33. The van der Waals surface area contributed by atoms with Gasteiger partial charge in [0.25, 0.3) is 0 Å². The van der Waals surface area contributed by atoms with Crippen LogP contribution in [0.2, 0.25) is 0 Å². The van der Waals surface area contributed by atoms with E-state index in [4.69, 9.17) is 0 Å². The molecule has 1 aromatic rings. The Balaban J connectivity index is 1.77. The second-order valence-electron chi connectivity index (χ2n) is 6.09. The molecule has 2 amide bonds. The van der Waals surface area contributed by atoms with Crippen LogP contribution in [0.1, 0.15) is 42.0 Å². The van der Waals surface area contributed by atoms with E-state index in [1.807, 2.05) is 0 Å². The fourth-order valence-corrected chi connectivity index (χ4v) is 4.80. The summed E-state index contributed by atoms with van der Waals surface area (Å²) in [4.78, 5) is 12.3. The van der Waals surface area contributed by atoms with Crippen molar-refractivity contribution in [3.63, 3.8) is 0 Å². The summed E-state index contributed by atoms with van der Waals surface area (Å²) in [6, 6.07) is -0.515. The third kappa shape index (κ3) is 3.68. The van der Waals surface area contributed by atoms with Crippen molar-refractivity contribution in [3.05, 3.63) is 33.5 Å². The summed E-state index contributed by atoms with van der Waals surface area (Å²) in [5, 5.41) is 13.4. The van der Waals surface area contributed by atoms with Crippen LogP contribution in [0.3, 0.4) is 0 Å². The first-order chi connectivity index (χ1) is 12.0. The molecule has 6 nitrogen and oxygen atoms in total. The first kappa shape index (κ1) is 18.2. The molecule has 3 N–H and O–H groups in total. The Hall–Kier alpha value is -1.56. The topological polar surface area (TPSA) is 96.8 Å². The van der Waals surface area contributed by atoms with E-state index in [0.717, 1.165) is 66.5 Å². The first-order valence-corrected chi connectivity index (χ1v) is 10.4. The summed E-state index contributed by atoms with van der Waals surface area (Å²) in [7, 11) is -0.0372. The molecule has 1 aromatic carbocycles. The highest BCUT2D eigenvalue weighted by Gasteiger charge is 2.30. The molecule has 8 heteroatoms. The number of nitrogens with zero attached hydrogens (tertiary/aromatic N) is 1. The van der Waals surface area contributed by atoms with Crippen molar-refractivity contribution in [2.45, 2.75) is 45.4 Å². The van der Waals surface area contributed by atoms with Gasteiger partial charge in [-0.05, 0) is 74.3 Å². The van der Waals surface area contributed by atoms with Gasteiger partial charge < -0.3 is 15.0 Å². The zero-order valence-electron chi connectivity index (χ0n) is 14.1. The Labute approximate surface area is 152 Å². The molecule has 0 bridgehead atoms. The Morgan fingerprint density at radius 1 is 1.24 bits per heavy atom. The number of phenols is 1. The fourth-order valence-electron chi connectivity index (χ4n) is 3.54. The standard InChI is InChI=1S/C17H22N3O3PS/c1-3-18-24-10(2)25(23)20-17(22)19-15-11-6-4-8-13(11)16(21)14-9-5-7-12(14)15/h3,21,24H,2,4-9H2,1H3,(H2,19,20,22)/b18-3-. The minimum absolute atomic E-state index is 0.0372. The van der Waals surface area contributed by atoms with Crippen LogP contribution in [-0.2, 0) is 37.0 Å². The lowest BCUT2D eigenvalue weighted by Gasteiger charge is -2.18. The monoisotopic (exact) mass is 379 g/mol. The Morgan fingerprint density at radius 3 is 2.36 bits per heavy atom. The molecule has 2 aliphatic carbocycles. The minimum atomic E-state index is -1.68. The van der Waals surface area contributed by atoms with Crippen LogP contribution in [-0.4, -0.2) is 21.9 Å². The lowest BCUT2D eigenvalue weighted by molar-refractivity contribution is 0.256. The third-order valence-electron chi connectivity index (χ3n) is 4.58. The number of carbonyl (C=O) groups excluding carboxylic acids is 1. The smallest absolute Gasteiger partial charge is 0.361 e. The predicted octanol–water partition coefficient (Wildman–Crippen LogP) is 3.31. The maximum Gasteiger partial charge on any atom is 0.361 e. The van der Waals surface area contributed by atoms with Gasteiger partial charge in [-0.1, -0.05) is 0 Å². The quantitative estimate of drug-likeness (QED) is 0.317. The maximum atomic E-state index is 12.3. The molecule has 0 radical (unpaired) electrons. The molecular weight excluding hydrogens is 357 g/mol. The van der Waals surface area contributed by atoms with E-state index in [0.29, 0.717) is 10.4 Å². The number of amides is 2. The normalized spacial score (nSPS) is 17.0. The molecular formula is C17H22N3O3PS. The molecule has 2 atom stereocenters. The van der Waals surface area contributed by atoms with Crippen molar-refractivity contribution in [3.8, 4) is 5.75 Å². The number of hydrogen-bond acceptors (Lipinski definition) is 4. The fraction of sp³-hybridized carbons (Fsp3) is 0.412. The van der Waals surface area contributed by atoms with Crippen LogP contribution in [0.25, 0.3) is 0 Å². The average Bonchev–Trinajstić information content (AvgIpc) is 3.25. The molecule has 0 saturated heterocycles. The highest BCUT2D eigenvalue weighted by molar-refractivity contribution is 8.00. The van der Waals surface area contributed by atoms with Crippen molar-refractivity contribution >= 4 is 38.0 Å². The third-order valence-corrected chi connectivity index (χ3v) is 6.86. The van der Waals surface area contributed by atoms with Crippen LogP contribution in [0.4, 0.5) is 10.5 Å². The molecule has 0 fully saturated rings. The van der Waals surface area contributed by atoms with E-state index in [2.05, 4.69) is 21.4 Å². The predicted molar refractivity (Wildman–Crippen MR) is 104 cm³/mol. The number of benzene rings is 1. The second kappa shape index (κ2) is 7.77. The molecule has 25 heavy (non-hydrogen) atoms. The molecule has 0 aliphatic heterocycles. The van der Waals surface area contributed by atoms with E-state index in [-0.39, 0.29) is 8.73 Å². The van der Waals surface area contributed by atoms with Gasteiger partial charge in [-0.2, -0.15) is 0 Å². The number of rotatable bonds is 5. The maximum absolute atomic E-state index is 12.3. The molecule has 0 aromatic heterocycles. The van der Waals surface area contributed by atoms with E-state index in [1.165, 1.54) is 0 Å². The highest BCUT2D eigenvalue weighted by atomic mass is 32.2. The van der Waals surface area contributed by atoms with Crippen LogP contribution in [0, 0.1) is 0 Å². The number of urea groups is 1. The van der Waals surface area contributed by atoms with Gasteiger partial charge in [-0.15, -0.1) is 4.72 Å². The summed E-state index contributed by atoms with van der Waals surface area (Å²) in [5.41, 5.74) is 4.76. The van der Waals surface area contributed by atoms with Crippen LogP contribution in [0.5, 0.6) is 5.75 Å². The highest BCUT2D eigenvalue weighted by Crippen LogP contribution is 2.45. The molecule has 134 valence electrons. The zero-order valence-corrected chi connectivity index (χ0v) is 16.0. The van der Waals surface area contributed by atoms with E-state index in [9.17, 15) is 14.5 Å². The minimum Gasteiger partial charge on any atom is -0.588 e. The largest absolute Gasteiger partial charge is 0.588 e. The van der Waals surface area contributed by atoms with Gasteiger partial charge in [0.05, 0.1) is 8.73 Å². The number of nitrogens with one attached hydrogen (secondary N) is 2. The van der Waals surface area contributed by atoms with Crippen molar-refractivity contribution in [1.29, 1.82) is 0 Å². The number of hydrogen-bond donors (Lipinski definition) is 3. The van der Waals surface area contributed by atoms with Gasteiger partial charge in [0.2, 0.25) is 0 Å². The van der Waals surface area contributed by atoms with E-state index >= 15 is 0 Å². The molecule has 0 saturated carbocycles. The van der Waals surface area contributed by atoms with Gasteiger partial charge in [0.1, 0.15) is 17.1 Å². The van der Waals surface area contributed by atoms with Crippen molar-refractivity contribution < 1.29 is 14.5 Å². The lowest BCUT2D eigenvalue weighted by Crippen LogP contribution is -2.34. The molecule has 2 aliphatic rings. The van der Waals surface area contributed by atoms with Crippen molar-refractivity contribution in [2.75, 3.05) is 5.32 Å². The number of carbonyl (C=O) groups is 1. The SMILES string of the molecule is C=C(P/N=C\C)[S+]([O-])NC(=O)Nc1c2c(c(O)c3c1CCC3)CCC2. The number of fused-ring (bicyclic) bond motifs is 2. The summed E-state index contributed by atoms with van der Waals surface area (Å²) in [5.74, 6) is 0.418. The molecule has 0 heterocycles. The Kier molecular flexibility index (Phi) is 5.67. The van der Waals surface area contributed by atoms with Gasteiger partial charge in [0, 0.05) is 11.9 Å². The second-order valence-corrected chi connectivity index (χ2v) is 8.77.